The average Bonchev–Trinajstić information content (AvgIpc) is 3.07. The summed E-state index contributed by atoms with van der Waals surface area (Å²) in [7, 11) is 1.54. The number of fused-ring (bicyclic) bond motifs is 1. The van der Waals surface area contributed by atoms with Crippen LogP contribution in [0.2, 0.25) is 0 Å². The molecule has 1 aliphatic heterocycles. The summed E-state index contributed by atoms with van der Waals surface area (Å²) in [5, 5.41) is 8.06. The second kappa shape index (κ2) is 12.9. The second-order valence-corrected chi connectivity index (χ2v) is 11.4. The number of carbonyl (C=O) groups excluding carboxylic acids is 3. The Morgan fingerprint density at radius 3 is 2.37 bits per heavy atom. The van der Waals surface area contributed by atoms with Gasteiger partial charge in [-0.3, -0.25) is 9.59 Å². The van der Waals surface area contributed by atoms with Crippen LogP contribution in [0.1, 0.15) is 48.9 Å². The van der Waals surface area contributed by atoms with E-state index in [0.29, 0.717) is 17.8 Å². The van der Waals surface area contributed by atoms with Crippen LogP contribution < -0.4 is 26.6 Å². The van der Waals surface area contributed by atoms with Crippen molar-refractivity contribution in [2.24, 2.45) is 5.73 Å². The zero-order valence-electron chi connectivity index (χ0n) is 24.3. The first kappa shape index (κ1) is 31.6. The van der Waals surface area contributed by atoms with Crippen molar-refractivity contribution < 1.29 is 27.6 Å². The number of anilines is 1. The lowest BCUT2D eigenvalue weighted by molar-refractivity contribution is -0.137. The van der Waals surface area contributed by atoms with Crippen molar-refractivity contribution in [2.45, 2.75) is 64.0 Å². The van der Waals surface area contributed by atoms with Gasteiger partial charge in [0.2, 0.25) is 11.8 Å². The molecule has 43 heavy (non-hydrogen) atoms. The summed E-state index contributed by atoms with van der Waals surface area (Å²) >= 11 is 0. The summed E-state index contributed by atoms with van der Waals surface area (Å²) < 4.78 is 40.6. The highest BCUT2D eigenvalue weighted by atomic mass is 19.4. The van der Waals surface area contributed by atoms with Gasteiger partial charge in [-0.25, -0.2) is 4.79 Å². The van der Waals surface area contributed by atoms with Crippen LogP contribution in [0.4, 0.5) is 23.7 Å². The lowest BCUT2D eigenvalue weighted by Crippen LogP contribution is -2.49. The van der Waals surface area contributed by atoms with Crippen molar-refractivity contribution >= 4 is 23.5 Å². The van der Waals surface area contributed by atoms with E-state index < -0.39 is 35.1 Å². The van der Waals surface area contributed by atoms with Gasteiger partial charge in [0, 0.05) is 31.2 Å². The maximum atomic E-state index is 13.8. The number of hydrogen-bond donors (Lipinski definition) is 4. The Labute approximate surface area is 248 Å². The molecule has 228 valence electrons. The minimum atomic E-state index is -4.53. The maximum Gasteiger partial charge on any atom is 0.416 e. The third-order valence-electron chi connectivity index (χ3n) is 7.20. The van der Waals surface area contributed by atoms with Crippen LogP contribution in [0.5, 0.6) is 0 Å². The van der Waals surface area contributed by atoms with E-state index in [2.05, 4.69) is 16.0 Å². The van der Waals surface area contributed by atoms with Gasteiger partial charge in [-0.1, -0.05) is 48.5 Å². The van der Waals surface area contributed by atoms with Crippen LogP contribution in [0.3, 0.4) is 0 Å². The molecule has 0 radical (unpaired) electrons. The van der Waals surface area contributed by atoms with E-state index in [9.17, 15) is 27.6 Å². The number of halogens is 3. The van der Waals surface area contributed by atoms with Crippen molar-refractivity contribution in [1.82, 2.24) is 16.0 Å². The van der Waals surface area contributed by atoms with Gasteiger partial charge in [0.15, 0.2) is 0 Å². The molecule has 1 aliphatic rings. The van der Waals surface area contributed by atoms with Gasteiger partial charge in [-0.15, -0.1) is 0 Å². The van der Waals surface area contributed by atoms with E-state index in [4.69, 9.17) is 5.73 Å². The van der Waals surface area contributed by atoms with Crippen molar-refractivity contribution in [3.8, 4) is 11.1 Å². The molecule has 0 aromatic heterocycles. The Balaban J connectivity index is 1.62. The number of nitrogens with one attached hydrogen (secondary N) is 3. The van der Waals surface area contributed by atoms with Gasteiger partial charge in [0.1, 0.15) is 6.04 Å². The molecule has 3 aromatic rings. The molecule has 1 heterocycles. The number of alkyl halides is 3. The minimum absolute atomic E-state index is 0.0104. The Hall–Kier alpha value is -4.38. The predicted molar refractivity (Wildman–Crippen MR) is 159 cm³/mol. The number of nitrogens with zero attached hydrogens (tertiary/aromatic N) is 1. The van der Waals surface area contributed by atoms with E-state index in [1.54, 1.807) is 20.9 Å². The highest BCUT2D eigenvalue weighted by Crippen LogP contribution is 2.36. The van der Waals surface area contributed by atoms with E-state index in [0.717, 1.165) is 34.4 Å². The highest BCUT2D eigenvalue weighted by molar-refractivity contribution is 6.00. The van der Waals surface area contributed by atoms with Gasteiger partial charge < -0.3 is 26.6 Å². The van der Waals surface area contributed by atoms with Gasteiger partial charge in [-0.05, 0) is 72.7 Å². The van der Waals surface area contributed by atoms with Crippen molar-refractivity contribution in [3.63, 3.8) is 0 Å². The fraction of sp³-hybridized carbons (Fsp3) is 0.344. The van der Waals surface area contributed by atoms with E-state index in [1.165, 1.54) is 11.0 Å². The molecule has 8 nitrogen and oxygen atoms in total. The zero-order chi connectivity index (χ0) is 31.4. The molecule has 3 aromatic carbocycles. The Kier molecular flexibility index (Phi) is 9.44. The molecular formula is C32H36F3N5O3. The standard InChI is InChI=1S/C32H36F3N5O3/c1-31(2,36)17-28(41)39-26-14-12-22-16-24(32(33,34)35)13-15-27(22)40(29(26)42)19-20-8-10-21(11-9-20)25-7-5-4-6-23(25)18-38-30(43)37-3/h4-11,13,15-16,26H,12,14,17-19,36H2,1-3H3,(H,39,41)(H2,37,38,43)/t26-/m1/s1. The first-order valence-electron chi connectivity index (χ1n) is 14.0. The number of carbonyl (C=O) groups is 3. The first-order valence-corrected chi connectivity index (χ1v) is 14.0. The third kappa shape index (κ3) is 8.13. The van der Waals surface area contributed by atoms with Gasteiger partial charge in [-0.2, -0.15) is 13.2 Å². The van der Waals surface area contributed by atoms with Crippen molar-refractivity contribution in [2.75, 3.05) is 11.9 Å². The Morgan fingerprint density at radius 2 is 1.72 bits per heavy atom. The van der Waals surface area contributed by atoms with Crippen LogP contribution in [0.15, 0.2) is 66.7 Å². The molecule has 0 unspecified atom stereocenters. The second-order valence-electron chi connectivity index (χ2n) is 11.4. The van der Waals surface area contributed by atoms with Gasteiger partial charge in [0.05, 0.1) is 12.1 Å². The molecule has 0 bridgehead atoms. The molecule has 0 saturated carbocycles. The molecule has 11 heteroatoms. The molecule has 0 aliphatic carbocycles. The number of rotatable bonds is 8. The smallest absolute Gasteiger partial charge is 0.344 e. The van der Waals surface area contributed by atoms with Crippen molar-refractivity contribution in [3.05, 3.63) is 89.0 Å². The maximum absolute atomic E-state index is 13.8. The van der Waals surface area contributed by atoms with Crippen LogP contribution in [0.25, 0.3) is 11.1 Å². The summed E-state index contributed by atoms with van der Waals surface area (Å²) in [6, 6.07) is 17.3. The summed E-state index contributed by atoms with van der Waals surface area (Å²) in [6.45, 7) is 3.81. The molecule has 4 rings (SSSR count). The van der Waals surface area contributed by atoms with Crippen LogP contribution >= 0.6 is 0 Å². The van der Waals surface area contributed by atoms with Crippen LogP contribution in [-0.4, -0.2) is 36.5 Å². The third-order valence-corrected chi connectivity index (χ3v) is 7.20. The quantitative estimate of drug-likeness (QED) is 0.297. The summed E-state index contributed by atoms with van der Waals surface area (Å²) in [6.07, 6.45) is -4.21. The van der Waals surface area contributed by atoms with E-state index >= 15 is 0 Å². The normalized spacial score (nSPS) is 15.4. The topological polar surface area (TPSA) is 117 Å². The monoisotopic (exact) mass is 595 g/mol. The number of urea groups is 1. The predicted octanol–water partition coefficient (Wildman–Crippen LogP) is 4.89. The summed E-state index contributed by atoms with van der Waals surface area (Å²) in [5.74, 6) is -0.807. The number of nitrogens with two attached hydrogens (primary N) is 1. The molecule has 0 spiro atoms. The fourth-order valence-electron chi connectivity index (χ4n) is 5.10. The van der Waals surface area contributed by atoms with E-state index in [1.807, 2.05) is 48.5 Å². The average molecular weight is 596 g/mol. The highest BCUT2D eigenvalue weighted by Gasteiger charge is 2.35. The summed E-state index contributed by atoms with van der Waals surface area (Å²) in [5.41, 5.74) is 8.64. The number of aryl methyl sites for hydroxylation is 1. The molecular weight excluding hydrogens is 559 g/mol. The minimum Gasteiger partial charge on any atom is -0.344 e. The Morgan fingerprint density at radius 1 is 1.02 bits per heavy atom. The van der Waals surface area contributed by atoms with Crippen LogP contribution in [0, 0.1) is 0 Å². The van der Waals surface area contributed by atoms with Gasteiger partial charge in [0.25, 0.3) is 0 Å². The lowest BCUT2D eigenvalue weighted by Gasteiger charge is -2.27. The van der Waals surface area contributed by atoms with Gasteiger partial charge >= 0.3 is 12.2 Å². The summed E-state index contributed by atoms with van der Waals surface area (Å²) in [4.78, 5) is 39.6. The fourth-order valence-corrected chi connectivity index (χ4v) is 5.10. The molecule has 1 atom stereocenters. The largest absolute Gasteiger partial charge is 0.416 e. The van der Waals surface area contributed by atoms with Crippen molar-refractivity contribution in [1.29, 1.82) is 0 Å². The first-order chi connectivity index (χ1) is 20.2. The lowest BCUT2D eigenvalue weighted by atomic mass is 9.98. The number of benzene rings is 3. The molecule has 0 saturated heterocycles. The molecule has 0 fully saturated rings. The zero-order valence-corrected chi connectivity index (χ0v) is 24.3. The molecule has 4 amide bonds. The Bertz CT molecular complexity index is 1480. The van der Waals surface area contributed by atoms with Crippen LogP contribution in [-0.2, 0) is 35.3 Å². The SMILES string of the molecule is CNC(=O)NCc1ccccc1-c1ccc(CN2C(=O)[C@H](NC(=O)CC(C)(C)N)CCc3cc(C(F)(F)F)ccc32)cc1. The molecule has 5 N–H and O–H groups in total. The number of hydrogen-bond acceptors (Lipinski definition) is 4. The van der Waals surface area contributed by atoms with E-state index in [-0.39, 0.29) is 31.8 Å². The number of amides is 4.